The van der Waals surface area contributed by atoms with Gasteiger partial charge in [-0.05, 0) is 24.3 Å². The average molecular weight is 494 g/mol. The second-order valence-corrected chi connectivity index (χ2v) is 8.32. The summed E-state index contributed by atoms with van der Waals surface area (Å²) in [5.41, 5.74) is 12.0. The summed E-state index contributed by atoms with van der Waals surface area (Å²) in [5.74, 6) is -4.74. The van der Waals surface area contributed by atoms with Crippen molar-refractivity contribution in [3.8, 4) is 0 Å². The Morgan fingerprint density at radius 3 is 2.06 bits per heavy atom. The molecule has 35 heavy (non-hydrogen) atoms. The van der Waals surface area contributed by atoms with E-state index in [1.54, 1.807) is 38.1 Å². The fourth-order valence-electron chi connectivity index (χ4n) is 3.20. The Morgan fingerprint density at radius 1 is 0.943 bits per heavy atom. The van der Waals surface area contributed by atoms with Crippen LogP contribution in [0.1, 0.15) is 38.7 Å². The Balaban J connectivity index is 2.98. The molecule has 0 radical (unpaired) electrons. The van der Waals surface area contributed by atoms with Gasteiger partial charge in [0, 0.05) is 6.42 Å². The summed E-state index contributed by atoms with van der Waals surface area (Å²) >= 11 is 0. The highest BCUT2D eigenvalue weighted by atomic mass is 16.4. The van der Waals surface area contributed by atoms with E-state index in [-0.39, 0.29) is 19.3 Å². The smallest absolute Gasteiger partial charge is 0.328 e. The Kier molecular flexibility index (Phi) is 12.4. The van der Waals surface area contributed by atoms with Crippen LogP contribution in [0, 0.1) is 5.92 Å². The highest BCUT2D eigenvalue weighted by molar-refractivity contribution is 5.94. The Hall–Kier alpha value is -3.51. The third-order valence-corrected chi connectivity index (χ3v) is 5.54. The summed E-state index contributed by atoms with van der Waals surface area (Å²) in [4.78, 5) is 60.9. The summed E-state index contributed by atoms with van der Waals surface area (Å²) in [5, 5.41) is 25.5. The van der Waals surface area contributed by atoms with Gasteiger partial charge in [0.1, 0.15) is 18.1 Å². The largest absolute Gasteiger partial charge is 0.480 e. The molecule has 0 aromatic heterocycles. The number of hydrogen-bond donors (Lipinski definition) is 7. The normalized spacial score (nSPS) is 15.1. The van der Waals surface area contributed by atoms with Crippen molar-refractivity contribution in [1.82, 2.24) is 16.0 Å². The van der Waals surface area contributed by atoms with Gasteiger partial charge in [-0.1, -0.05) is 50.6 Å². The molecule has 0 aliphatic rings. The predicted molar refractivity (Wildman–Crippen MR) is 127 cm³/mol. The van der Waals surface area contributed by atoms with Gasteiger partial charge in [-0.2, -0.15) is 0 Å². The third-order valence-electron chi connectivity index (χ3n) is 5.54. The van der Waals surface area contributed by atoms with Gasteiger partial charge in [-0.3, -0.25) is 19.2 Å². The molecule has 1 rings (SSSR count). The van der Waals surface area contributed by atoms with Crippen molar-refractivity contribution in [2.75, 3.05) is 6.61 Å². The van der Waals surface area contributed by atoms with Crippen LogP contribution in [0.4, 0.5) is 0 Å². The molecule has 12 heteroatoms. The molecule has 0 spiro atoms. The summed E-state index contributed by atoms with van der Waals surface area (Å²) in [6, 6.07) is 4.12. The summed E-state index contributed by atoms with van der Waals surface area (Å²) in [6.45, 7) is 2.61. The number of rotatable bonds is 15. The molecule has 0 aliphatic heterocycles. The number of carbonyl (C=O) groups is 5. The maximum absolute atomic E-state index is 13.0. The second kappa shape index (κ2) is 14.7. The summed E-state index contributed by atoms with van der Waals surface area (Å²) in [6.07, 6.45) is 0.328. The first-order valence-corrected chi connectivity index (χ1v) is 11.3. The lowest BCUT2D eigenvalue weighted by Crippen LogP contribution is -2.59. The lowest BCUT2D eigenvalue weighted by molar-refractivity contribution is -0.143. The third kappa shape index (κ3) is 10.1. The minimum absolute atomic E-state index is 0.131. The fourth-order valence-corrected chi connectivity index (χ4v) is 3.20. The minimum Gasteiger partial charge on any atom is -0.480 e. The van der Waals surface area contributed by atoms with E-state index in [2.05, 4.69) is 16.0 Å². The highest BCUT2D eigenvalue weighted by Crippen LogP contribution is 2.10. The standard InChI is InChI=1S/C23H35N5O7/c1-3-13(2)19(22(33)27-17(12-29)23(34)35)28-21(32)16(9-10-18(25)30)26-20(31)15(24)11-14-7-5-4-6-8-14/h4-8,13,15-17,19,29H,3,9-12,24H2,1-2H3,(H2,25,30)(H,26,31)(H,27,33)(H,28,32)(H,34,35). The van der Waals surface area contributed by atoms with E-state index in [1.165, 1.54) is 0 Å². The van der Waals surface area contributed by atoms with Gasteiger partial charge in [0.2, 0.25) is 23.6 Å². The van der Waals surface area contributed by atoms with Crippen LogP contribution < -0.4 is 27.4 Å². The number of primary amides is 1. The van der Waals surface area contributed by atoms with Crippen molar-refractivity contribution in [3.63, 3.8) is 0 Å². The number of carbonyl (C=O) groups excluding carboxylic acids is 4. The van der Waals surface area contributed by atoms with E-state index in [0.29, 0.717) is 6.42 Å². The van der Waals surface area contributed by atoms with Gasteiger partial charge >= 0.3 is 5.97 Å². The molecule has 1 aromatic carbocycles. The van der Waals surface area contributed by atoms with Crippen LogP contribution in [0.15, 0.2) is 30.3 Å². The molecule has 0 saturated carbocycles. The quantitative estimate of drug-likeness (QED) is 0.151. The van der Waals surface area contributed by atoms with Gasteiger partial charge in [-0.25, -0.2) is 4.79 Å². The average Bonchev–Trinajstić information content (AvgIpc) is 2.82. The summed E-state index contributed by atoms with van der Waals surface area (Å²) < 4.78 is 0. The van der Waals surface area contributed by atoms with Crippen molar-refractivity contribution in [1.29, 1.82) is 0 Å². The van der Waals surface area contributed by atoms with Crippen molar-refractivity contribution in [2.45, 2.75) is 63.7 Å². The molecule has 1 aromatic rings. The number of nitrogens with one attached hydrogen (secondary N) is 3. The number of amides is 4. The highest BCUT2D eigenvalue weighted by Gasteiger charge is 2.32. The SMILES string of the molecule is CCC(C)C(NC(=O)C(CCC(N)=O)NC(=O)C(N)Cc1ccccc1)C(=O)NC(CO)C(=O)O. The minimum atomic E-state index is -1.55. The zero-order chi connectivity index (χ0) is 26.5. The number of nitrogens with two attached hydrogens (primary N) is 2. The fraction of sp³-hybridized carbons (Fsp3) is 0.522. The number of aliphatic hydroxyl groups is 1. The number of aliphatic hydroxyl groups excluding tert-OH is 1. The topological polar surface area (TPSA) is 214 Å². The molecule has 5 unspecified atom stereocenters. The van der Waals surface area contributed by atoms with Gasteiger partial charge in [0.05, 0.1) is 12.6 Å². The molecule has 194 valence electrons. The Bertz CT molecular complexity index is 880. The van der Waals surface area contributed by atoms with Crippen molar-refractivity contribution < 1.29 is 34.2 Å². The van der Waals surface area contributed by atoms with Crippen LogP contribution in [0.25, 0.3) is 0 Å². The van der Waals surface area contributed by atoms with Crippen LogP contribution in [0.2, 0.25) is 0 Å². The number of hydrogen-bond acceptors (Lipinski definition) is 7. The maximum atomic E-state index is 13.0. The van der Waals surface area contributed by atoms with Crippen LogP contribution in [-0.4, -0.2) is 70.6 Å². The molecule has 9 N–H and O–H groups in total. The molecule has 0 saturated heterocycles. The molecular weight excluding hydrogens is 458 g/mol. The van der Waals surface area contributed by atoms with Gasteiger partial charge in [0.25, 0.3) is 0 Å². The Morgan fingerprint density at radius 2 is 1.54 bits per heavy atom. The monoisotopic (exact) mass is 493 g/mol. The van der Waals surface area contributed by atoms with Crippen molar-refractivity contribution >= 4 is 29.6 Å². The van der Waals surface area contributed by atoms with E-state index >= 15 is 0 Å². The lowest BCUT2D eigenvalue weighted by atomic mass is 9.97. The van der Waals surface area contributed by atoms with Crippen molar-refractivity contribution in [3.05, 3.63) is 35.9 Å². The maximum Gasteiger partial charge on any atom is 0.328 e. The molecule has 5 atom stereocenters. The predicted octanol–water partition coefficient (Wildman–Crippen LogP) is -1.60. The number of carboxylic acids is 1. The Labute approximate surface area is 203 Å². The molecule has 4 amide bonds. The van der Waals surface area contributed by atoms with Gasteiger partial charge in [0.15, 0.2) is 0 Å². The van der Waals surface area contributed by atoms with E-state index in [4.69, 9.17) is 16.6 Å². The first-order valence-electron chi connectivity index (χ1n) is 11.3. The van der Waals surface area contributed by atoms with Gasteiger partial charge < -0.3 is 37.6 Å². The lowest BCUT2D eigenvalue weighted by Gasteiger charge is -2.27. The molecule has 0 aliphatic carbocycles. The second-order valence-electron chi connectivity index (χ2n) is 8.32. The zero-order valence-corrected chi connectivity index (χ0v) is 19.9. The summed E-state index contributed by atoms with van der Waals surface area (Å²) in [7, 11) is 0. The van der Waals surface area contributed by atoms with Crippen LogP contribution in [0.5, 0.6) is 0 Å². The number of benzene rings is 1. The van der Waals surface area contributed by atoms with E-state index in [0.717, 1.165) is 5.56 Å². The number of aliphatic carboxylic acids is 1. The first kappa shape index (κ1) is 29.5. The van der Waals surface area contributed by atoms with Crippen LogP contribution in [-0.2, 0) is 30.4 Å². The van der Waals surface area contributed by atoms with Gasteiger partial charge in [-0.15, -0.1) is 0 Å². The molecular formula is C23H35N5O7. The molecule has 0 heterocycles. The van der Waals surface area contributed by atoms with E-state index in [9.17, 15) is 29.1 Å². The number of carboxylic acid groups (broad SMARTS) is 1. The molecule has 12 nitrogen and oxygen atoms in total. The van der Waals surface area contributed by atoms with Crippen LogP contribution >= 0.6 is 0 Å². The van der Waals surface area contributed by atoms with E-state index in [1.807, 2.05) is 6.07 Å². The molecule has 0 fully saturated rings. The first-order chi connectivity index (χ1) is 16.5. The van der Waals surface area contributed by atoms with Crippen molar-refractivity contribution in [2.24, 2.45) is 17.4 Å². The van der Waals surface area contributed by atoms with E-state index < -0.39 is 66.3 Å². The zero-order valence-electron chi connectivity index (χ0n) is 19.9. The van der Waals surface area contributed by atoms with Crippen LogP contribution in [0.3, 0.4) is 0 Å². The molecule has 0 bridgehead atoms.